The lowest BCUT2D eigenvalue weighted by Crippen LogP contribution is -2.71. The molecule has 5 aliphatic heterocycles. The van der Waals surface area contributed by atoms with Gasteiger partial charge in [-0.3, -0.25) is 25.2 Å². The van der Waals surface area contributed by atoms with Gasteiger partial charge in [0.2, 0.25) is 5.91 Å². The van der Waals surface area contributed by atoms with Gasteiger partial charge >= 0.3 is 0 Å². The SMILES string of the molecule is CNCC1CCCC(N2C3C(CNC(Nc4ccc([C@@]5(C)CCN(C)C5=O)cc4)N3C3CCCCCCCC3)[C@@]3(C)COC(C)(C)C[C@@H]23)N1. The van der Waals surface area contributed by atoms with Crippen molar-refractivity contribution in [3.63, 3.8) is 0 Å². The molecule has 49 heavy (non-hydrogen) atoms. The molecule has 1 saturated carbocycles. The fraction of sp³-hybridized carbons (Fsp3) is 0.825. The third kappa shape index (κ3) is 6.82. The summed E-state index contributed by atoms with van der Waals surface area (Å²) < 4.78 is 6.71. The number of anilines is 1. The molecule has 7 rings (SSSR count). The smallest absolute Gasteiger partial charge is 0.232 e. The molecule has 5 saturated heterocycles. The Morgan fingerprint density at radius 1 is 0.918 bits per heavy atom. The van der Waals surface area contributed by atoms with Gasteiger partial charge in [-0.05, 0) is 90.5 Å². The maximum absolute atomic E-state index is 13.1. The summed E-state index contributed by atoms with van der Waals surface area (Å²) in [7, 11) is 4.02. The molecule has 9 nitrogen and oxygen atoms in total. The lowest BCUT2D eigenvalue weighted by Gasteiger charge is -2.54. The Bertz CT molecular complexity index is 1280. The van der Waals surface area contributed by atoms with Crippen molar-refractivity contribution < 1.29 is 9.53 Å². The number of nitrogens with zero attached hydrogens (tertiary/aromatic N) is 3. The summed E-state index contributed by atoms with van der Waals surface area (Å²) in [6.07, 6.45) is 17.0. The van der Waals surface area contributed by atoms with Crippen LogP contribution in [0.3, 0.4) is 0 Å². The summed E-state index contributed by atoms with van der Waals surface area (Å²) in [5.41, 5.74) is 1.76. The van der Waals surface area contributed by atoms with Crippen molar-refractivity contribution in [2.45, 2.75) is 159 Å². The number of fused-ring (bicyclic) bond motifs is 3. The topological polar surface area (TPSA) is 84.1 Å². The Morgan fingerprint density at radius 3 is 2.31 bits per heavy atom. The van der Waals surface area contributed by atoms with E-state index in [-0.39, 0.29) is 23.2 Å². The van der Waals surface area contributed by atoms with E-state index >= 15 is 0 Å². The van der Waals surface area contributed by atoms with Gasteiger partial charge in [-0.2, -0.15) is 0 Å². The van der Waals surface area contributed by atoms with E-state index in [4.69, 9.17) is 4.74 Å². The second-order valence-electron chi connectivity index (χ2n) is 17.8. The first-order valence-corrected chi connectivity index (χ1v) is 20.0. The van der Waals surface area contributed by atoms with Crippen LogP contribution in [0.5, 0.6) is 0 Å². The van der Waals surface area contributed by atoms with Crippen molar-refractivity contribution in [3.05, 3.63) is 29.8 Å². The highest BCUT2D eigenvalue weighted by Crippen LogP contribution is 2.55. The van der Waals surface area contributed by atoms with Crippen molar-refractivity contribution in [2.24, 2.45) is 11.3 Å². The molecule has 6 aliphatic rings. The normalized spacial score (nSPS) is 39.6. The van der Waals surface area contributed by atoms with Gasteiger partial charge in [0.05, 0.1) is 30.0 Å². The van der Waals surface area contributed by atoms with Crippen molar-refractivity contribution >= 4 is 11.6 Å². The third-order valence-electron chi connectivity index (χ3n) is 13.8. The number of hydrogen-bond donors (Lipinski definition) is 4. The summed E-state index contributed by atoms with van der Waals surface area (Å²) in [4.78, 5) is 20.9. The van der Waals surface area contributed by atoms with Gasteiger partial charge in [0.25, 0.3) is 0 Å². The Kier molecular flexibility index (Phi) is 10.4. The van der Waals surface area contributed by atoms with Gasteiger partial charge in [0.1, 0.15) is 6.29 Å². The number of piperidine rings is 1. The molecule has 5 heterocycles. The number of carbonyl (C=O) groups excluding carboxylic acids is 1. The summed E-state index contributed by atoms with van der Waals surface area (Å²) in [5, 5.41) is 15.8. The van der Waals surface area contributed by atoms with E-state index in [1.165, 1.54) is 70.6 Å². The Labute approximate surface area is 297 Å². The molecule has 4 N–H and O–H groups in total. The van der Waals surface area contributed by atoms with Crippen molar-refractivity contribution in [3.8, 4) is 0 Å². The lowest BCUT2D eigenvalue weighted by molar-refractivity contribution is -0.141. The highest BCUT2D eigenvalue weighted by molar-refractivity contribution is 5.89. The number of ether oxygens (including phenoxy) is 1. The van der Waals surface area contributed by atoms with Crippen LogP contribution in [0.4, 0.5) is 5.69 Å². The van der Waals surface area contributed by atoms with Crippen LogP contribution in [0.25, 0.3) is 0 Å². The summed E-state index contributed by atoms with van der Waals surface area (Å²) in [6.45, 7) is 12.9. The van der Waals surface area contributed by atoms with Gasteiger partial charge in [-0.1, -0.05) is 57.6 Å². The Hall–Kier alpha value is -1.75. The third-order valence-corrected chi connectivity index (χ3v) is 13.8. The maximum atomic E-state index is 13.1. The number of likely N-dealkylation sites (tertiary alicyclic amines) is 2. The van der Waals surface area contributed by atoms with Crippen LogP contribution in [0.15, 0.2) is 24.3 Å². The van der Waals surface area contributed by atoms with Gasteiger partial charge in [-0.25, -0.2) is 0 Å². The molecule has 0 spiro atoms. The van der Waals surface area contributed by atoms with Crippen LogP contribution in [-0.4, -0.2) is 103 Å². The van der Waals surface area contributed by atoms with E-state index in [0.29, 0.717) is 36.4 Å². The van der Waals surface area contributed by atoms with Crippen molar-refractivity contribution in [1.82, 2.24) is 30.7 Å². The van der Waals surface area contributed by atoms with E-state index < -0.39 is 5.41 Å². The molecule has 0 radical (unpaired) electrons. The first kappa shape index (κ1) is 35.6. The largest absolute Gasteiger partial charge is 0.375 e. The Morgan fingerprint density at radius 2 is 1.63 bits per heavy atom. The summed E-state index contributed by atoms with van der Waals surface area (Å²) in [5.74, 6) is 0.703. The molecule has 1 aromatic rings. The first-order chi connectivity index (χ1) is 23.5. The van der Waals surface area contributed by atoms with E-state index in [1.54, 1.807) is 0 Å². The average molecular weight is 678 g/mol. The molecule has 8 atom stereocenters. The van der Waals surface area contributed by atoms with Gasteiger partial charge in [0.15, 0.2) is 0 Å². The summed E-state index contributed by atoms with van der Waals surface area (Å²) in [6, 6.07) is 10.3. The van der Waals surface area contributed by atoms with E-state index in [2.05, 4.69) is 90.1 Å². The standard InChI is InChI=1S/C40H67N7O2/c1-38(2)24-33-40(4,27-49-38)32-26-42-37(44-29-20-18-28(19-21-29)39(3)22-23-45(6)36(39)48)46(31-15-11-9-7-8-10-12-16-31)35(32)47(33)34-17-13-14-30(43-34)25-41-5/h18-21,30-35,37,41-44H,7-17,22-27H2,1-6H3/t30?,32?,33-,34?,35?,37?,39-,40-/m1/s1. The van der Waals surface area contributed by atoms with Crippen LogP contribution >= 0.6 is 0 Å². The van der Waals surface area contributed by atoms with Gasteiger partial charge < -0.3 is 20.3 Å². The van der Waals surface area contributed by atoms with Gasteiger partial charge in [0, 0.05) is 61.8 Å². The highest BCUT2D eigenvalue weighted by atomic mass is 16.5. The number of rotatable bonds is 7. The van der Waals surface area contributed by atoms with Gasteiger partial charge in [-0.15, -0.1) is 0 Å². The predicted molar refractivity (Wildman–Crippen MR) is 198 cm³/mol. The van der Waals surface area contributed by atoms with Crippen molar-refractivity contribution in [1.29, 1.82) is 0 Å². The molecular weight excluding hydrogens is 610 g/mol. The molecule has 0 aromatic heterocycles. The first-order valence-electron chi connectivity index (χ1n) is 20.0. The van der Waals surface area contributed by atoms with E-state index in [9.17, 15) is 4.79 Å². The highest BCUT2D eigenvalue weighted by Gasteiger charge is 2.65. The number of carbonyl (C=O) groups is 1. The number of likely N-dealkylation sites (N-methyl/N-ethyl adjacent to an activating group) is 2. The monoisotopic (exact) mass is 678 g/mol. The minimum absolute atomic E-state index is 0.0320. The molecule has 5 unspecified atom stereocenters. The van der Waals surface area contributed by atoms with Crippen LogP contribution in [-0.2, 0) is 14.9 Å². The average Bonchev–Trinajstić information content (AvgIpc) is 3.56. The fourth-order valence-corrected chi connectivity index (χ4v) is 10.8. The molecule has 6 fully saturated rings. The number of hydrogen-bond acceptors (Lipinski definition) is 8. The molecule has 1 amide bonds. The zero-order valence-electron chi connectivity index (χ0n) is 31.5. The van der Waals surface area contributed by atoms with Crippen LogP contribution in [0.1, 0.15) is 117 Å². The molecule has 1 aliphatic carbocycles. The minimum atomic E-state index is -0.433. The second-order valence-corrected chi connectivity index (χ2v) is 17.8. The minimum Gasteiger partial charge on any atom is -0.375 e. The van der Waals surface area contributed by atoms with E-state index in [1.807, 2.05) is 11.9 Å². The lowest BCUT2D eigenvalue weighted by atomic mass is 9.69. The number of amides is 1. The molecule has 0 bridgehead atoms. The number of nitrogens with one attached hydrogen (secondary N) is 4. The zero-order chi connectivity index (χ0) is 34.4. The fourth-order valence-electron chi connectivity index (χ4n) is 10.8. The molecule has 274 valence electrons. The van der Waals surface area contributed by atoms with E-state index in [0.717, 1.165) is 50.3 Å². The quantitative estimate of drug-likeness (QED) is 0.304. The predicted octanol–water partition coefficient (Wildman–Crippen LogP) is 5.43. The maximum Gasteiger partial charge on any atom is 0.232 e. The Balaban J connectivity index is 1.24. The molecule has 9 heteroatoms. The summed E-state index contributed by atoms with van der Waals surface area (Å²) >= 11 is 0. The second kappa shape index (κ2) is 14.3. The van der Waals surface area contributed by atoms with Crippen molar-refractivity contribution in [2.75, 3.05) is 45.7 Å². The molecule has 1 aromatic carbocycles. The number of benzene rings is 1. The van der Waals surface area contributed by atoms with Crippen LogP contribution in [0, 0.1) is 11.3 Å². The van der Waals surface area contributed by atoms with Crippen LogP contribution < -0.4 is 21.3 Å². The molecular formula is C40H67N7O2. The van der Waals surface area contributed by atoms with Crippen LogP contribution in [0.2, 0.25) is 0 Å². The zero-order valence-corrected chi connectivity index (χ0v) is 31.5.